The van der Waals surface area contributed by atoms with Crippen molar-refractivity contribution in [2.75, 3.05) is 11.9 Å². The summed E-state index contributed by atoms with van der Waals surface area (Å²) in [4.78, 5) is 1.71. The number of amidine groups is 1. The van der Waals surface area contributed by atoms with Crippen molar-refractivity contribution in [3.63, 3.8) is 0 Å². The molecule has 104 valence electrons. The van der Waals surface area contributed by atoms with Crippen LogP contribution in [0.1, 0.15) is 5.56 Å². The van der Waals surface area contributed by atoms with Gasteiger partial charge in [-0.25, -0.2) is 4.39 Å². The van der Waals surface area contributed by atoms with E-state index in [2.05, 4.69) is 5.16 Å². The van der Waals surface area contributed by atoms with Gasteiger partial charge in [-0.2, -0.15) is 0 Å². The van der Waals surface area contributed by atoms with E-state index in [9.17, 15) is 4.39 Å². The minimum atomic E-state index is -0.346. The van der Waals surface area contributed by atoms with Gasteiger partial charge >= 0.3 is 0 Å². The first kappa shape index (κ1) is 14.1. The van der Waals surface area contributed by atoms with Crippen molar-refractivity contribution < 1.29 is 9.60 Å². The zero-order valence-corrected chi connectivity index (χ0v) is 11.5. The molecule has 0 heterocycles. The summed E-state index contributed by atoms with van der Waals surface area (Å²) in [6.45, 7) is 0. The third-order valence-corrected chi connectivity index (χ3v) is 3.23. The summed E-state index contributed by atoms with van der Waals surface area (Å²) in [5, 5.41) is 12.2. The van der Waals surface area contributed by atoms with E-state index in [0.29, 0.717) is 22.0 Å². The maximum atomic E-state index is 13.3. The van der Waals surface area contributed by atoms with Crippen molar-refractivity contribution in [1.29, 1.82) is 0 Å². The number of hydrogen-bond acceptors (Lipinski definition) is 3. The van der Waals surface area contributed by atoms with Crippen LogP contribution >= 0.6 is 11.6 Å². The first-order valence-electron chi connectivity index (χ1n) is 5.80. The molecule has 2 aromatic rings. The molecule has 3 N–H and O–H groups in total. The molecule has 0 atom stereocenters. The van der Waals surface area contributed by atoms with Crippen molar-refractivity contribution in [3.8, 4) is 0 Å². The number of hydrogen-bond donors (Lipinski definition) is 2. The Morgan fingerprint density at radius 3 is 2.65 bits per heavy atom. The second-order valence-electron chi connectivity index (χ2n) is 4.16. The van der Waals surface area contributed by atoms with Crippen LogP contribution in [0, 0.1) is 5.82 Å². The summed E-state index contributed by atoms with van der Waals surface area (Å²) in [5.74, 6) is -0.449. The van der Waals surface area contributed by atoms with Gasteiger partial charge in [0.15, 0.2) is 5.84 Å². The molecule has 0 aromatic heterocycles. The topological polar surface area (TPSA) is 61.8 Å². The second kappa shape index (κ2) is 5.79. The lowest BCUT2D eigenvalue weighted by atomic mass is 10.1. The Hall–Kier alpha value is -2.27. The second-order valence-corrected chi connectivity index (χ2v) is 4.57. The van der Waals surface area contributed by atoms with Crippen LogP contribution in [0.25, 0.3) is 0 Å². The Kier molecular flexibility index (Phi) is 4.10. The molecule has 0 amide bonds. The molecule has 4 nitrogen and oxygen atoms in total. The summed E-state index contributed by atoms with van der Waals surface area (Å²) in [6, 6.07) is 11.2. The standard InChI is InChI=1S/C14H13ClFN3O/c1-19(10-5-2-4-9(16)8-10)12-7-3-6-11(15)13(12)14(17)18-20/h2-8,20H,1H3,(H2,17,18). The van der Waals surface area contributed by atoms with E-state index in [4.69, 9.17) is 22.5 Å². The van der Waals surface area contributed by atoms with Gasteiger partial charge in [0.25, 0.3) is 0 Å². The van der Waals surface area contributed by atoms with Gasteiger partial charge in [0.2, 0.25) is 0 Å². The first-order valence-corrected chi connectivity index (χ1v) is 6.18. The monoisotopic (exact) mass is 293 g/mol. The van der Waals surface area contributed by atoms with Crippen molar-refractivity contribution in [2.24, 2.45) is 10.9 Å². The van der Waals surface area contributed by atoms with E-state index in [1.807, 2.05) is 0 Å². The van der Waals surface area contributed by atoms with Gasteiger partial charge in [0.05, 0.1) is 16.3 Å². The molecular formula is C14H13ClFN3O. The highest BCUT2D eigenvalue weighted by molar-refractivity contribution is 6.35. The molecular weight excluding hydrogens is 281 g/mol. The average molecular weight is 294 g/mol. The molecule has 0 fully saturated rings. The fourth-order valence-electron chi connectivity index (χ4n) is 1.92. The van der Waals surface area contributed by atoms with Crippen LogP contribution in [0.15, 0.2) is 47.6 Å². The molecule has 2 aromatic carbocycles. The highest BCUT2D eigenvalue weighted by atomic mass is 35.5. The molecule has 0 saturated carbocycles. The maximum Gasteiger partial charge on any atom is 0.173 e. The van der Waals surface area contributed by atoms with Gasteiger partial charge in [-0.1, -0.05) is 28.9 Å². The summed E-state index contributed by atoms with van der Waals surface area (Å²) < 4.78 is 13.3. The third-order valence-electron chi connectivity index (χ3n) is 2.91. The van der Waals surface area contributed by atoms with Crippen molar-refractivity contribution >= 4 is 28.8 Å². The fourth-order valence-corrected chi connectivity index (χ4v) is 2.19. The van der Waals surface area contributed by atoms with Gasteiger partial charge in [-0.05, 0) is 30.3 Å². The number of rotatable bonds is 3. The minimum Gasteiger partial charge on any atom is -0.409 e. The van der Waals surface area contributed by atoms with Crippen LogP contribution in [0.5, 0.6) is 0 Å². The van der Waals surface area contributed by atoms with Gasteiger partial charge in [-0.15, -0.1) is 0 Å². The predicted molar refractivity (Wildman–Crippen MR) is 78.4 cm³/mol. The average Bonchev–Trinajstić information content (AvgIpc) is 2.45. The van der Waals surface area contributed by atoms with Crippen LogP contribution in [-0.4, -0.2) is 18.1 Å². The summed E-state index contributed by atoms with van der Waals surface area (Å²) in [7, 11) is 1.74. The summed E-state index contributed by atoms with van der Waals surface area (Å²) in [5.41, 5.74) is 7.28. The lowest BCUT2D eigenvalue weighted by Gasteiger charge is -2.22. The normalized spacial score (nSPS) is 11.4. The molecule has 0 aliphatic rings. The lowest BCUT2D eigenvalue weighted by Crippen LogP contribution is -2.20. The molecule has 0 bridgehead atoms. The molecule has 6 heteroatoms. The molecule has 2 rings (SSSR count). The minimum absolute atomic E-state index is 0.103. The highest BCUT2D eigenvalue weighted by Gasteiger charge is 2.16. The Morgan fingerprint density at radius 2 is 2.00 bits per heavy atom. The van der Waals surface area contributed by atoms with Crippen molar-refractivity contribution in [1.82, 2.24) is 0 Å². The number of nitrogens with zero attached hydrogens (tertiary/aromatic N) is 2. The summed E-state index contributed by atoms with van der Waals surface area (Å²) in [6.07, 6.45) is 0. The maximum absolute atomic E-state index is 13.3. The molecule has 0 spiro atoms. The van der Waals surface area contributed by atoms with Crippen molar-refractivity contribution in [3.05, 3.63) is 58.9 Å². The van der Waals surface area contributed by atoms with E-state index in [-0.39, 0.29) is 11.7 Å². The molecule has 0 aliphatic carbocycles. The Bertz CT molecular complexity index is 661. The Morgan fingerprint density at radius 1 is 1.30 bits per heavy atom. The summed E-state index contributed by atoms with van der Waals surface area (Å²) >= 11 is 6.09. The van der Waals surface area contributed by atoms with E-state index >= 15 is 0 Å². The first-order chi connectivity index (χ1) is 9.54. The molecule has 0 unspecified atom stereocenters. The Labute approximate surface area is 120 Å². The van der Waals surface area contributed by atoms with Crippen LogP contribution < -0.4 is 10.6 Å². The number of oxime groups is 1. The molecule has 20 heavy (non-hydrogen) atoms. The molecule has 0 radical (unpaired) electrons. The van der Waals surface area contributed by atoms with Gasteiger partial charge in [0, 0.05) is 12.7 Å². The number of anilines is 2. The largest absolute Gasteiger partial charge is 0.409 e. The van der Waals surface area contributed by atoms with E-state index < -0.39 is 0 Å². The van der Waals surface area contributed by atoms with Crippen molar-refractivity contribution in [2.45, 2.75) is 0 Å². The van der Waals surface area contributed by atoms with Crippen LogP contribution in [0.3, 0.4) is 0 Å². The van der Waals surface area contributed by atoms with Crippen LogP contribution in [0.2, 0.25) is 5.02 Å². The smallest absolute Gasteiger partial charge is 0.173 e. The fraction of sp³-hybridized carbons (Fsp3) is 0.0714. The highest BCUT2D eigenvalue weighted by Crippen LogP contribution is 2.31. The van der Waals surface area contributed by atoms with Crippen LogP contribution in [-0.2, 0) is 0 Å². The van der Waals surface area contributed by atoms with Crippen LogP contribution in [0.4, 0.5) is 15.8 Å². The zero-order valence-electron chi connectivity index (χ0n) is 10.7. The van der Waals surface area contributed by atoms with E-state index in [1.165, 1.54) is 12.1 Å². The molecule has 0 saturated heterocycles. The van der Waals surface area contributed by atoms with E-state index in [1.54, 1.807) is 42.3 Å². The van der Waals surface area contributed by atoms with Gasteiger partial charge in [-0.3, -0.25) is 0 Å². The lowest BCUT2D eigenvalue weighted by molar-refractivity contribution is 0.318. The van der Waals surface area contributed by atoms with E-state index in [0.717, 1.165) is 0 Å². The quantitative estimate of drug-likeness (QED) is 0.395. The van der Waals surface area contributed by atoms with Gasteiger partial charge in [0.1, 0.15) is 5.82 Å². The number of nitrogens with two attached hydrogens (primary N) is 1. The number of halogens is 2. The van der Waals surface area contributed by atoms with Gasteiger partial charge < -0.3 is 15.8 Å². The molecule has 0 aliphatic heterocycles. The number of benzene rings is 2. The zero-order chi connectivity index (χ0) is 14.7. The predicted octanol–water partition coefficient (Wildman–Crippen LogP) is 3.34. The Balaban J connectivity index is 2.55. The SMILES string of the molecule is CN(c1cccc(F)c1)c1cccc(Cl)c1C(N)=NO. The third kappa shape index (κ3) is 2.67.